The molecule has 11 heteroatoms. The summed E-state index contributed by atoms with van der Waals surface area (Å²) in [6.07, 6.45) is 0.673. The van der Waals surface area contributed by atoms with Crippen LogP contribution in [-0.4, -0.2) is 35.5 Å². The highest BCUT2D eigenvalue weighted by molar-refractivity contribution is 6.54. The van der Waals surface area contributed by atoms with E-state index in [2.05, 4.69) is 10.6 Å². The molecule has 2 N–H and O–H groups in total. The largest absolute Gasteiger partial charge is 0.384 e. The van der Waals surface area contributed by atoms with Gasteiger partial charge in [0.05, 0.1) is 22.5 Å². The Balaban J connectivity index is 1.79. The fourth-order valence-corrected chi connectivity index (χ4v) is 5.24. The predicted molar refractivity (Wildman–Crippen MR) is 125 cm³/mol. The molecule has 4 nitrogen and oxygen atoms in total. The minimum absolute atomic E-state index is 0.00181. The minimum atomic E-state index is -3.07. The van der Waals surface area contributed by atoms with Gasteiger partial charge in [-0.15, -0.1) is 0 Å². The Kier molecular flexibility index (Phi) is 7.24. The van der Waals surface area contributed by atoms with E-state index in [4.69, 9.17) is 58.0 Å². The molecular formula is C21H17Cl5F2N2O2. The van der Waals surface area contributed by atoms with E-state index in [0.717, 1.165) is 0 Å². The van der Waals surface area contributed by atoms with Crippen molar-refractivity contribution >= 4 is 75.9 Å². The van der Waals surface area contributed by atoms with Crippen molar-refractivity contribution in [3.05, 3.63) is 62.6 Å². The van der Waals surface area contributed by atoms with Crippen LogP contribution in [-0.2, 0) is 4.79 Å². The molecule has 1 amide bonds. The quantitative estimate of drug-likeness (QED) is 0.291. The van der Waals surface area contributed by atoms with Gasteiger partial charge >= 0.3 is 0 Å². The van der Waals surface area contributed by atoms with E-state index in [-0.39, 0.29) is 17.1 Å². The maximum atomic E-state index is 13.0. The normalized spacial score (nSPS) is 21.7. The number of hydrogen-bond acceptors (Lipinski definition) is 3. The van der Waals surface area contributed by atoms with Gasteiger partial charge < -0.3 is 15.4 Å². The highest BCUT2D eigenvalue weighted by Gasteiger charge is 2.76. The molecule has 0 heterocycles. The number of carbonyl (C=O) groups is 2. The average Bonchev–Trinajstić information content (AvgIpc) is 3.19. The van der Waals surface area contributed by atoms with Crippen molar-refractivity contribution in [2.75, 3.05) is 18.4 Å². The van der Waals surface area contributed by atoms with Gasteiger partial charge in [-0.2, -0.15) is 0 Å². The van der Waals surface area contributed by atoms with Crippen molar-refractivity contribution in [1.29, 1.82) is 0 Å². The lowest BCUT2D eigenvalue weighted by molar-refractivity contribution is -0.112. The van der Waals surface area contributed by atoms with Crippen LogP contribution in [0.5, 0.6) is 0 Å². The number of aldehydes is 1. The SMILES string of the molecule is CC(F)(F)CNC(=O)c1cc(NCC2(C=O)C(c3cc(Cl)cc(Cl)c3)C2(Cl)Cl)ccc1Cl. The molecule has 2 aromatic rings. The second-order valence-corrected chi connectivity index (χ2v) is 10.4. The fourth-order valence-electron chi connectivity index (χ4n) is 3.52. The molecule has 0 saturated heterocycles. The summed E-state index contributed by atoms with van der Waals surface area (Å²) in [4.78, 5) is 24.3. The Hall–Kier alpha value is -1.31. The average molecular weight is 545 g/mol. The molecule has 2 aromatic carbocycles. The second kappa shape index (κ2) is 9.15. The Morgan fingerprint density at radius 1 is 1.12 bits per heavy atom. The van der Waals surface area contributed by atoms with Crippen LogP contribution in [0.15, 0.2) is 36.4 Å². The van der Waals surface area contributed by atoms with Crippen LogP contribution in [0.2, 0.25) is 15.1 Å². The zero-order valence-electron chi connectivity index (χ0n) is 16.5. The van der Waals surface area contributed by atoms with Crippen molar-refractivity contribution in [1.82, 2.24) is 5.32 Å². The molecule has 0 aromatic heterocycles. The third-order valence-electron chi connectivity index (χ3n) is 5.20. The minimum Gasteiger partial charge on any atom is -0.384 e. The molecule has 172 valence electrons. The van der Waals surface area contributed by atoms with Gasteiger partial charge in [0, 0.05) is 35.1 Å². The molecule has 0 aliphatic heterocycles. The van der Waals surface area contributed by atoms with Crippen molar-refractivity contribution in [3.63, 3.8) is 0 Å². The zero-order chi connectivity index (χ0) is 23.9. The Morgan fingerprint density at radius 3 is 2.31 bits per heavy atom. The van der Waals surface area contributed by atoms with E-state index in [1.807, 2.05) is 0 Å². The summed E-state index contributed by atoms with van der Waals surface area (Å²) in [5.74, 6) is -4.41. The first-order valence-corrected chi connectivity index (χ1v) is 11.2. The van der Waals surface area contributed by atoms with Gasteiger partial charge in [0.25, 0.3) is 11.8 Å². The number of nitrogens with one attached hydrogen (secondary N) is 2. The molecule has 0 spiro atoms. The second-order valence-electron chi connectivity index (χ2n) is 7.72. The highest BCUT2D eigenvalue weighted by atomic mass is 35.5. The Morgan fingerprint density at radius 2 is 1.75 bits per heavy atom. The standard InChI is InChI=1S/C21H17Cl5F2N2O2/c1-19(27,28)8-30-18(32)15-7-14(2-3-16(15)24)29-9-20(10-31)17(21(20,25)26)11-4-12(22)6-13(23)5-11/h2-7,10,17,29H,8-9H2,1H3,(H,30,32). The molecular weight excluding hydrogens is 528 g/mol. The van der Waals surface area contributed by atoms with E-state index < -0.39 is 34.0 Å². The predicted octanol–water partition coefficient (Wildman–Crippen LogP) is 6.60. The van der Waals surface area contributed by atoms with Gasteiger partial charge in [-0.1, -0.05) is 58.0 Å². The summed E-state index contributed by atoms with van der Waals surface area (Å²) in [7, 11) is 0. The van der Waals surface area contributed by atoms with Crippen molar-refractivity contribution in [3.8, 4) is 0 Å². The van der Waals surface area contributed by atoms with Gasteiger partial charge in [0.15, 0.2) is 0 Å². The van der Waals surface area contributed by atoms with E-state index >= 15 is 0 Å². The van der Waals surface area contributed by atoms with Crippen LogP contribution in [0, 0.1) is 5.41 Å². The molecule has 32 heavy (non-hydrogen) atoms. The first kappa shape index (κ1) is 25.3. The molecule has 2 atom stereocenters. The number of hydrogen-bond donors (Lipinski definition) is 2. The van der Waals surface area contributed by atoms with Crippen LogP contribution >= 0.6 is 58.0 Å². The smallest absolute Gasteiger partial charge is 0.262 e. The number of rotatable bonds is 8. The van der Waals surface area contributed by atoms with Crippen molar-refractivity contribution in [2.24, 2.45) is 5.41 Å². The summed E-state index contributed by atoms with van der Waals surface area (Å²) in [6, 6.07) is 9.22. The number of carbonyl (C=O) groups excluding carboxylic acids is 2. The Labute approximate surface area is 208 Å². The van der Waals surface area contributed by atoms with Gasteiger partial charge in [-0.05, 0) is 42.0 Å². The summed E-state index contributed by atoms with van der Waals surface area (Å²) in [5.41, 5.74) is -0.171. The Bertz CT molecular complexity index is 1040. The van der Waals surface area contributed by atoms with Crippen LogP contribution in [0.3, 0.4) is 0 Å². The van der Waals surface area contributed by atoms with Crippen LogP contribution < -0.4 is 10.6 Å². The number of alkyl halides is 4. The number of benzene rings is 2. The van der Waals surface area contributed by atoms with Gasteiger partial charge in [-0.3, -0.25) is 4.79 Å². The van der Waals surface area contributed by atoms with Gasteiger partial charge in [0.1, 0.15) is 10.6 Å². The van der Waals surface area contributed by atoms with Gasteiger partial charge in [0.2, 0.25) is 0 Å². The molecule has 1 saturated carbocycles. The third-order valence-corrected chi connectivity index (χ3v) is 7.10. The van der Waals surface area contributed by atoms with Gasteiger partial charge in [-0.25, -0.2) is 8.78 Å². The first-order valence-electron chi connectivity index (χ1n) is 9.30. The third kappa shape index (κ3) is 5.10. The van der Waals surface area contributed by atoms with Crippen molar-refractivity contribution in [2.45, 2.75) is 23.1 Å². The molecule has 2 unspecified atom stereocenters. The van der Waals surface area contributed by atoms with E-state index in [1.54, 1.807) is 24.3 Å². The lowest BCUT2D eigenvalue weighted by Crippen LogP contribution is -2.34. The lowest BCUT2D eigenvalue weighted by atomic mass is 10.00. The molecule has 0 bridgehead atoms. The maximum Gasteiger partial charge on any atom is 0.262 e. The first-order chi connectivity index (χ1) is 14.8. The topological polar surface area (TPSA) is 58.2 Å². The summed E-state index contributed by atoms with van der Waals surface area (Å²) in [6.45, 7) is -0.123. The van der Waals surface area contributed by atoms with Crippen LogP contribution in [0.4, 0.5) is 14.5 Å². The molecule has 1 aliphatic rings. The maximum absolute atomic E-state index is 13.0. The number of amides is 1. The van der Waals surface area contributed by atoms with E-state index in [1.165, 1.54) is 12.1 Å². The monoisotopic (exact) mass is 542 g/mol. The van der Waals surface area contributed by atoms with E-state index in [9.17, 15) is 18.4 Å². The summed E-state index contributed by atoms with van der Waals surface area (Å²) in [5, 5.41) is 5.99. The lowest BCUT2D eigenvalue weighted by Gasteiger charge is -2.16. The van der Waals surface area contributed by atoms with Crippen LogP contribution in [0.25, 0.3) is 0 Å². The molecule has 1 fully saturated rings. The zero-order valence-corrected chi connectivity index (χ0v) is 20.3. The number of anilines is 1. The highest BCUT2D eigenvalue weighted by Crippen LogP contribution is 2.73. The van der Waals surface area contributed by atoms with Crippen molar-refractivity contribution < 1.29 is 18.4 Å². The molecule has 3 rings (SSSR count). The summed E-state index contributed by atoms with van der Waals surface area (Å²) >= 11 is 31.1. The molecule has 1 aliphatic carbocycles. The fraction of sp³-hybridized carbons (Fsp3) is 0.333. The van der Waals surface area contributed by atoms with Crippen LogP contribution in [0.1, 0.15) is 28.8 Å². The summed E-state index contributed by atoms with van der Waals surface area (Å²) < 4.78 is 24.7. The number of halogens is 7. The molecule has 0 radical (unpaired) electrons. The van der Waals surface area contributed by atoms with E-state index in [0.29, 0.717) is 34.5 Å².